The van der Waals surface area contributed by atoms with Crippen molar-refractivity contribution < 1.29 is 4.79 Å². The summed E-state index contributed by atoms with van der Waals surface area (Å²) >= 11 is 0. The van der Waals surface area contributed by atoms with E-state index in [4.69, 9.17) is 0 Å². The molecule has 1 heterocycles. The normalized spacial score (nSPS) is 29.6. The van der Waals surface area contributed by atoms with E-state index < -0.39 is 0 Å². The molecule has 0 radical (unpaired) electrons. The second kappa shape index (κ2) is 4.29. The van der Waals surface area contributed by atoms with Crippen molar-refractivity contribution in [3.63, 3.8) is 0 Å². The second-order valence-electron chi connectivity index (χ2n) is 3.41. The summed E-state index contributed by atoms with van der Waals surface area (Å²) in [7, 11) is 0. The summed E-state index contributed by atoms with van der Waals surface area (Å²) in [5.41, 5.74) is 0. The van der Waals surface area contributed by atoms with Gasteiger partial charge in [0.05, 0.1) is 0 Å². The first-order valence-electron chi connectivity index (χ1n) is 4.69. The molecule has 0 aromatic heterocycles. The number of piperidine rings is 1. The molecule has 1 fully saturated rings. The number of rotatable bonds is 3. The van der Waals surface area contributed by atoms with E-state index in [1.54, 1.807) is 0 Å². The number of hydrogen-bond acceptors (Lipinski definition) is 1. The predicted molar refractivity (Wildman–Crippen MR) is 49.8 cm³/mol. The molecule has 1 saturated heterocycles. The van der Waals surface area contributed by atoms with Gasteiger partial charge in [-0.15, -0.1) is 6.58 Å². The minimum Gasteiger partial charge on any atom is -0.353 e. The van der Waals surface area contributed by atoms with Gasteiger partial charge < -0.3 is 5.32 Å². The van der Waals surface area contributed by atoms with E-state index in [0.29, 0.717) is 6.04 Å². The molecule has 0 spiro atoms. The highest BCUT2D eigenvalue weighted by atomic mass is 16.2. The third kappa shape index (κ3) is 2.10. The van der Waals surface area contributed by atoms with Gasteiger partial charge in [-0.3, -0.25) is 4.79 Å². The maximum atomic E-state index is 11.4. The zero-order valence-electron chi connectivity index (χ0n) is 7.68. The Balaban J connectivity index is 2.40. The van der Waals surface area contributed by atoms with Crippen LogP contribution in [0.2, 0.25) is 0 Å². The van der Waals surface area contributed by atoms with E-state index in [9.17, 15) is 4.79 Å². The van der Waals surface area contributed by atoms with Crippen molar-refractivity contribution in [3.8, 4) is 0 Å². The lowest BCUT2D eigenvalue weighted by atomic mass is 9.91. The first-order chi connectivity index (χ1) is 5.77. The number of nitrogens with one attached hydrogen (secondary N) is 1. The number of carbonyl (C=O) groups excluding carboxylic acids is 1. The van der Waals surface area contributed by atoms with Crippen molar-refractivity contribution in [2.45, 2.75) is 38.6 Å². The average Bonchev–Trinajstić information content (AvgIpc) is 2.05. The molecular weight excluding hydrogens is 150 g/mol. The molecule has 0 aromatic carbocycles. The van der Waals surface area contributed by atoms with E-state index in [0.717, 1.165) is 25.7 Å². The molecule has 68 valence electrons. The van der Waals surface area contributed by atoms with E-state index in [-0.39, 0.29) is 11.8 Å². The summed E-state index contributed by atoms with van der Waals surface area (Å²) in [5, 5.41) is 3.01. The van der Waals surface area contributed by atoms with E-state index in [1.165, 1.54) is 0 Å². The van der Waals surface area contributed by atoms with Crippen LogP contribution in [0, 0.1) is 5.92 Å². The third-order valence-corrected chi connectivity index (χ3v) is 2.52. The van der Waals surface area contributed by atoms with Gasteiger partial charge in [0.25, 0.3) is 0 Å². The van der Waals surface area contributed by atoms with Crippen LogP contribution in [-0.2, 0) is 4.79 Å². The predicted octanol–water partition coefficient (Wildman–Crippen LogP) is 1.87. The fraction of sp³-hybridized carbons (Fsp3) is 0.700. The van der Waals surface area contributed by atoms with Gasteiger partial charge >= 0.3 is 0 Å². The standard InChI is InChI=1S/C10H17NO/c1-3-5-9-7-6-8(4-2)10(12)11-9/h3,8-9H,1,4-7H2,2H3,(H,11,12)/t8?,9-/m0/s1. The molecule has 1 unspecified atom stereocenters. The summed E-state index contributed by atoms with van der Waals surface area (Å²) in [4.78, 5) is 11.4. The van der Waals surface area contributed by atoms with Crippen LogP contribution in [0.3, 0.4) is 0 Å². The third-order valence-electron chi connectivity index (χ3n) is 2.52. The van der Waals surface area contributed by atoms with Crippen LogP contribution in [0.4, 0.5) is 0 Å². The van der Waals surface area contributed by atoms with Gasteiger partial charge in [0.1, 0.15) is 0 Å². The zero-order chi connectivity index (χ0) is 8.97. The van der Waals surface area contributed by atoms with E-state index in [1.807, 2.05) is 6.08 Å². The molecule has 1 aliphatic heterocycles. The zero-order valence-corrected chi connectivity index (χ0v) is 7.68. The lowest BCUT2D eigenvalue weighted by molar-refractivity contribution is -0.127. The van der Waals surface area contributed by atoms with Gasteiger partial charge in [0.2, 0.25) is 5.91 Å². The lowest BCUT2D eigenvalue weighted by Gasteiger charge is -2.27. The van der Waals surface area contributed by atoms with Crippen LogP contribution < -0.4 is 5.32 Å². The van der Waals surface area contributed by atoms with Gasteiger partial charge in [0, 0.05) is 12.0 Å². The van der Waals surface area contributed by atoms with Crippen molar-refractivity contribution in [1.29, 1.82) is 0 Å². The van der Waals surface area contributed by atoms with Crippen LogP contribution in [0.1, 0.15) is 32.6 Å². The molecule has 2 nitrogen and oxygen atoms in total. The molecule has 12 heavy (non-hydrogen) atoms. The Hall–Kier alpha value is -0.790. The molecule has 2 heteroatoms. The van der Waals surface area contributed by atoms with Gasteiger partial charge in [0.15, 0.2) is 0 Å². The summed E-state index contributed by atoms with van der Waals surface area (Å²) in [5.74, 6) is 0.488. The Morgan fingerprint density at radius 3 is 2.92 bits per heavy atom. The molecule has 0 bridgehead atoms. The maximum Gasteiger partial charge on any atom is 0.223 e. The first-order valence-corrected chi connectivity index (χ1v) is 4.69. The Kier molecular flexibility index (Phi) is 3.32. The minimum absolute atomic E-state index is 0.232. The molecular formula is C10H17NO. The fourth-order valence-electron chi connectivity index (χ4n) is 1.69. The molecule has 1 amide bonds. The summed E-state index contributed by atoms with van der Waals surface area (Å²) in [6.07, 6.45) is 5.89. The van der Waals surface area contributed by atoms with Gasteiger partial charge in [-0.25, -0.2) is 0 Å². The molecule has 0 saturated carbocycles. The molecule has 1 rings (SSSR count). The Morgan fingerprint density at radius 2 is 2.42 bits per heavy atom. The van der Waals surface area contributed by atoms with Gasteiger partial charge in [-0.05, 0) is 25.7 Å². The Bertz CT molecular complexity index is 177. The largest absolute Gasteiger partial charge is 0.353 e. The Labute approximate surface area is 74.0 Å². The van der Waals surface area contributed by atoms with Crippen LogP contribution in [0.5, 0.6) is 0 Å². The number of amides is 1. The molecule has 0 aliphatic carbocycles. The number of carbonyl (C=O) groups is 1. The van der Waals surface area contributed by atoms with Crippen LogP contribution in [0.15, 0.2) is 12.7 Å². The minimum atomic E-state index is 0.232. The first kappa shape index (κ1) is 9.30. The van der Waals surface area contributed by atoms with Crippen molar-refractivity contribution >= 4 is 5.91 Å². The van der Waals surface area contributed by atoms with E-state index in [2.05, 4.69) is 18.8 Å². The topological polar surface area (TPSA) is 29.1 Å². The fourth-order valence-corrected chi connectivity index (χ4v) is 1.69. The van der Waals surface area contributed by atoms with Crippen LogP contribution >= 0.6 is 0 Å². The second-order valence-corrected chi connectivity index (χ2v) is 3.41. The summed E-state index contributed by atoms with van der Waals surface area (Å²) in [6, 6.07) is 0.345. The molecule has 1 aliphatic rings. The van der Waals surface area contributed by atoms with E-state index >= 15 is 0 Å². The molecule has 1 N–H and O–H groups in total. The lowest BCUT2D eigenvalue weighted by Crippen LogP contribution is -2.43. The SMILES string of the molecule is C=CC[C@H]1CCC(CC)C(=O)N1. The van der Waals surface area contributed by atoms with Crippen molar-refractivity contribution in [1.82, 2.24) is 5.32 Å². The van der Waals surface area contributed by atoms with Crippen LogP contribution in [-0.4, -0.2) is 11.9 Å². The monoisotopic (exact) mass is 167 g/mol. The van der Waals surface area contributed by atoms with Crippen molar-refractivity contribution in [3.05, 3.63) is 12.7 Å². The highest BCUT2D eigenvalue weighted by Crippen LogP contribution is 2.19. The average molecular weight is 167 g/mol. The van der Waals surface area contributed by atoms with Gasteiger partial charge in [-0.2, -0.15) is 0 Å². The molecule has 0 aromatic rings. The smallest absolute Gasteiger partial charge is 0.223 e. The van der Waals surface area contributed by atoms with Crippen molar-refractivity contribution in [2.75, 3.05) is 0 Å². The van der Waals surface area contributed by atoms with Gasteiger partial charge in [-0.1, -0.05) is 13.0 Å². The summed E-state index contributed by atoms with van der Waals surface area (Å²) < 4.78 is 0. The highest BCUT2D eigenvalue weighted by molar-refractivity contribution is 5.79. The summed E-state index contributed by atoms with van der Waals surface area (Å²) in [6.45, 7) is 5.74. The Morgan fingerprint density at radius 1 is 1.67 bits per heavy atom. The van der Waals surface area contributed by atoms with Crippen LogP contribution in [0.25, 0.3) is 0 Å². The number of hydrogen-bond donors (Lipinski definition) is 1. The highest BCUT2D eigenvalue weighted by Gasteiger charge is 2.25. The quantitative estimate of drug-likeness (QED) is 0.639. The van der Waals surface area contributed by atoms with Crippen molar-refractivity contribution in [2.24, 2.45) is 5.92 Å². The molecule has 2 atom stereocenters. The maximum absolute atomic E-state index is 11.4.